The van der Waals surface area contributed by atoms with Gasteiger partial charge in [0.05, 0.1) is 17.3 Å². The number of aromatic nitrogens is 1. The molecule has 0 aliphatic heterocycles. The number of fused-ring (bicyclic) bond motifs is 1. The number of para-hydroxylation sites is 1. The summed E-state index contributed by atoms with van der Waals surface area (Å²) in [5, 5.41) is 1.15. The summed E-state index contributed by atoms with van der Waals surface area (Å²) in [5.74, 6) is 0. The molecule has 2 nitrogen and oxygen atoms in total. The lowest BCUT2D eigenvalue weighted by Crippen LogP contribution is -2.15. The van der Waals surface area contributed by atoms with Gasteiger partial charge >= 0.3 is 0 Å². The van der Waals surface area contributed by atoms with Gasteiger partial charge in [0.2, 0.25) is 0 Å². The van der Waals surface area contributed by atoms with E-state index in [0.717, 1.165) is 29.4 Å². The Balaban J connectivity index is 1.80. The predicted octanol–water partition coefficient (Wildman–Crippen LogP) is 4.04. The van der Waals surface area contributed by atoms with Crippen LogP contribution in [-0.2, 0) is 12.8 Å². The summed E-state index contributed by atoms with van der Waals surface area (Å²) in [6.07, 6.45) is 1.88. The zero-order valence-corrected chi connectivity index (χ0v) is 12.3. The van der Waals surface area contributed by atoms with Crippen LogP contribution in [0.25, 0.3) is 10.9 Å². The maximum atomic E-state index is 6.33. The molecular formula is C19H20N2. The van der Waals surface area contributed by atoms with Gasteiger partial charge in [0.1, 0.15) is 0 Å². The Morgan fingerprint density at radius 2 is 1.62 bits per heavy atom. The molecule has 0 bridgehead atoms. The van der Waals surface area contributed by atoms with Crippen molar-refractivity contribution in [2.24, 2.45) is 5.73 Å². The molecule has 1 unspecified atom stereocenters. The molecule has 3 aromatic rings. The van der Waals surface area contributed by atoms with E-state index in [4.69, 9.17) is 5.73 Å². The lowest BCUT2D eigenvalue weighted by atomic mass is 10.0. The van der Waals surface area contributed by atoms with Crippen LogP contribution in [0.4, 0.5) is 0 Å². The minimum absolute atomic E-state index is 0.0675. The van der Waals surface area contributed by atoms with E-state index in [1.807, 2.05) is 24.3 Å². The van der Waals surface area contributed by atoms with E-state index in [1.165, 1.54) is 11.1 Å². The molecule has 0 aliphatic carbocycles. The fraction of sp³-hybridized carbons (Fsp3) is 0.211. The van der Waals surface area contributed by atoms with Crippen LogP contribution in [0.3, 0.4) is 0 Å². The second-order valence-corrected chi connectivity index (χ2v) is 5.41. The molecule has 106 valence electrons. The zero-order chi connectivity index (χ0) is 14.7. The fourth-order valence-electron chi connectivity index (χ4n) is 2.56. The van der Waals surface area contributed by atoms with Crippen molar-refractivity contribution >= 4 is 10.9 Å². The molecule has 1 atom stereocenters. The van der Waals surface area contributed by atoms with Gasteiger partial charge in [-0.05, 0) is 36.1 Å². The first-order chi connectivity index (χ1) is 10.3. The highest BCUT2D eigenvalue weighted by atomic mass is 14.8. The van der Waals surface area contributed by atoms with Gasteiger partial charge in [-0.1, -0.05) is 55.5 Å². The number of nitrogens with zero attached hydrogens (tertiary/aromatic N) is 1. The second-order valence-electron chi connectivity index (χ2n) is 5.41. The molecule has 1 aromatic heterocycles. The quantitative estimate of drug-likeness (QED) is 0.781. The smallest absolute Gasteiger partial charge is 0.0706 e. The van der Waals surface area contributed by atoms with Crippen molar-refractivity contribution in [1.29, 1.82) is 0 Å². The third-order valence-electron chi connectivity index (χ3n) is 3.89. The lowest BCUT2D eigenvalue weighted by molar-refractivity contribution is 0.700. The second kappa shape index (κ2) is 6.06. The highest BCUT2D eigenvalue weighted by Gasteiger charge is 2.09. The molecule has 2 heteroatoms. The standard InChI is InChI=1S/C19H20N2/c1-2-14-7-9-15(10-8-14)13-17(20)19-12-11-16-5-3-4-6-18(16)21-19/h3-12,17H,2,13,20H2,1H3. The maximum Gasteiger partial charge on any atom is 0.0706 e. The van der Waals surface area contributed by atoms with E-state index in [1.54, 1.807) is 0 Å². The Kier molecular flexibility index (Phi) is 3.98. The topological polar surface area (TPSA) is 38.9 Å². The van der Waals surface area contributed by atoms with Gasteiger partial charge in [-0.25, -0.2) is 0 Å². The largest absolute Gasteiger partial charge is 0.322 e. The molecule has 0 aliphatic rings. The van der Waals surface area contributed by atoms with E-state index in [0.29, 0.717) is 0 Å². The van der Waals surface area contributed by atoms with Crippen molar-refractivity contribution in [1.82, 2.24) is 4.98 Å². The molecule has 2 N–H and O–H groups in total. The summed E-state index contributed by atoms with van der Waals surface area (Å²) < 4.78 is 0. The van der Waals surface area contributed by atoms with E-state index in [9.17, 15) is 0 Å². The first-order valence-corrected chi connectivity index (χ1v) is 7.45. The van der Waals surface area contributed by atoms with Gasteiger partial charge in [-0.3, -0.25) is 4.98 Å². The predicted molar refractivity (Wildman–Crippen MR) is 88.2 cm³/mol. The molecule has 21 heavy (non-hydrogen) atoms. The molecule has 0 saturated carbocycles. The van der Waals surface area contributed by atoms with Gasteiger partial charge in [-0.2, -0.15) is 0 Å². The van der Waals surface area contributed by atoms with Crippen LogP contribution in [-0.4, -0.2) is 4.98 Å². The van der Waals surface area contributed by atoms with Crippen molar-refractivity contribution in [2.45, 2.75) is 25.8 Å². The average Bonchev–Trinajstić information content (AvgIpc) is 2.55. The normalized spacial score (nSPS) is 12.5. The number of hydrogen-bond acceptors (Lipinski definition) is 2. The molecule has 0 fully saturated rings. The van der Waals surface area contributed by atoms with E-state index < -0.39 is 0 Å². The molecule has 0 saturated heterocycles. The third kappa shape index (κ3) is 3.11. The molecule has 0 spiro atoms. The minimum Gasteiger partial charge on any atom is -0.322 e. The van der Waals surface area contributed by atoms with Crippen molar-refractivity contribution in [2.75, 3.05) is 0 Å². The SMILES string of the molecule is CCc1ccc(CC(N)c2ccc3ccccc3n2)cc1. The van der Waals surface area contributed by atoms with Gasteiger partial charge in [-0.15, -0.1) is 0 Å². The van der Waals surface area contributed by atoms with Crippen LogP contribution in [0.1, 0.15) is 29.8 Å². The molecule has 0 radical (unpaired) electrons. The monoisotopic (exact) mass is 276 g/mol. The van der Waals surface area contributed by atoms with Crippen molar-refractivity contribution in [3.05, 3.63) is 77.5 Å². The first-order valence-electron chi connectivity index (χ1n) is 7.45. The van der Waals surface area contributed by atoms with Crippen LogP contribution in [0.15, 0.2) is 60.7 Å². The molecule has 2 aromatic carbocycles. The molecule has 1 heterocycles. The summed E-state index contributed by atoms with van der Waals surface area (Å²) in [7, 11) is 0. The van der Waals surface area contributed by atoms with E-state index in [-0.39, 0.29) is 6.04 Å². The molecule has 0 amide bonds. The summed E-state index contributed by atoms with van der Waals surface area (Å²) >= 11 is 0. The molecule has 3 rings (SSSR count). The van der Waals surface area contributed by atoms with Crippen molar-refractivity contribution in [3.63, 3.8) is 0 Å². The van der Waals surface area contributed by atoms with Crippen LogP contribution >= 0.6 is 0 Å². The van der Waals surface area contributed by atoms with Crippen LogP contribution < -0.4 is 5.73 Å². The number of benzene rings is 2. The third-order valence-corrected chi connectivity index (χ3v) is 3.89. The van der Waals surface area contributed by atoms with E-state index >= 15 is 0 Å². The summed E-state index contributed by atoms with van der Waals surface area (Å²) in [5.41, 5.74) is 10.9. The Morgan fingerprint density at radius 3 is 2.38 bits per heavy atom. The van der Waals surface area contributed by atoms with E-state index in [2.05, 4.69) is 48.3 Å². The van der Waals surface area contributed by atoms with Crippen molar-refractivity contribution < 1.29 is 0 Å². The van der Waals surface area contributed by atoms with Crippen LogP contribution in [0, 0.1) is 0 Å². The van der Waals surface area contributed by atoms with Crippen LogP contribution in [0.5, 0.6) is 0 Å². The highest BCUT2D eigenvalue weighted by Crippen LogP contribution is 2.18. The summed E-state index contributed by atoms with van der Waals surface area (Å²) in [4.78, 5) is 4.68. The van der Waals surface area contributed by atoms with Crippen LogP contribution in [0.2, 0.25) is 0 Å². The number of pyridine rings is 1. The number of nitrogens with two attached hydrogens (primary N) is 1. The Labute approximate surface area is 125 Å². The van der Waals surface area contributed by atoms with Gasteiger partial charge in [0, 0.05) is 5.39 Å². The average molecular weight is 276 g/mol. The number of rotatable bonds is 4. The zero-order valence-electron chi connectivity index (χ0n) is 12.3. The highest BCUT2D eigenvalue weighted by molar-refractivity contribution is 5.78. The number of hydrogen-bond donors (Lipinski definition) is 1. The lowest BCUT2D eigenvalue weighted by Gasteiger charge is -2.12. The number of aryl methyl sites for hydroxylation is 1. The molecular weight excluding hydrogens is 256 g/mol. The van der Waals surface area contributed by atoms with Gasteiger partial charge < -0.3 is 5.73 Å². The van der Waals surface area contributed by atoms with Crippen molar-refractivity contribution in [3.8, 4) is 0 Å². The summed E-state index contributed by atoms with van der Waals surface area (Å²) in [6.45, 7) is 2.17. The maximum absolute atomic E-state index is 6.33. The Morgan fingerprint density at radius 1 is 0.905 bits per heavy atom. The Hall–Kier alpha value is -2.19. The van der Waals surface area contributed by atoms with Gasteiger partial charge in [0.25, 0.3) is 0 Å². The minimum atomic E-state index is -0.0675. The van der Waals surface area contributed by atoms with Gasteiger partial charge in [0.15, 0.2) is 0 Å². The first kappa shape index (κ1) is 13.8. The fourth-order valence-corrected chi connectivity index (χ4v) is 2.56. The Bertz CT molecular complexity index is 732. The summed E-state index contributed by atoms with van der Waals surface area (Å²) in [6, 6.07) is 20.9.